The second kappa shape index (κ2) is 8.35. The van der Waals surface area contributed by atoms with Crippen LogP contribution in [0.15, 0.2) is 21.9 Å². The summed E-state index contributed by atoms with van der Waals surface area (Å²) in [6.07, 6.45) is 1.19. The van der Waals surface area contributed by atoms with Crippen LogP contribution < -0.4 is 17.0 Å². The molecule has 0 amide bonds. The van der Waals surface area contributed by atoms with Gasteiger partial charge in [0.1, 0.15) is 0 Å². The Bertz CT molecular complexity index is 508. The van der Waals surface area contributed by atoms with Crippen LogP contribution in [-0.4, -0.2) is 48.4 Å². The van der Waals surface area contributed by atoms with Gasteiger partial charge >= 0.3 is 5.69 Å². The van der Waals surface area contributed by atoms with Crippen LogP contribution in [0, 0.1) is 0 Å². The van der Waals surface area contributed by atoms with Crippen molar-refractivity contribution in [3.05, 3.63) is 33.1 Å². The number of ether oxygens (including phenoxy) is 2. The van der Waals surface area contributed by atoms with Gasteiger partial charge in [0, 0.05) is 18.8 Å². The number of carbonyl (C=O) groups is 1. The highest BCUT2D eigenvalue weighted by Crippen LogP contribution is 1.88. The summed E-state index contributed by atoms with van der Waals surface area (Å²) in [4.78, 5) is 35.8. The van der Waals surface area contributed by atoms with Gasteiger partial charge in [-0.05, 0) is 0 Å². The predicted molar refractivity (Wildman–Crippen MR) is 67.3 cm³/mol. The summed E-state index contributed by atoms with van der Waals surface area (Å²) in [6.45, 7) is 1.86. The second-order valence-corrected chi connectivity index (χ2v) is 3.64. The quantitative estimate of drug-likeness (QED) is 0.559. The molecule has 19 heavy (non-hydrogen) atoms. The lowest BCUT2D eigenvalue weighted by atomic mass is 10.4. The third-order valence-corrected chi connectivity index (χ3v) is 2.19. The van der Waals surface area contributed by atoms with Crippen molar-refractivity contribution in [3.8, 4) is 0 Å². The minimum absolute atomic E-state index is 0.0445. The zero-order valence-electron chi connectivity index (χ0n) is 10.5. The number of aromatic amines is 1. The van der Waals surface area contributed by atoms with E-state index in [-0.39, 0.29) is 13.0 Å². The summed E-state index contributed by atoms with van der Waals surface area (Å²) in [6, 6.07) is 1.11. The van der Waals surface area contributed by atoms with Gasteiger partial charge in [-0.3, -0.25) is 14.6 Å². The second-order valence-electron chi connectivity index (χ2n) is 3.64. The van der Waals surface area contributed by atoms with E-state index in [9.17, 15) is 14.4 Å². The van der Waals surface area contributed by atoms with Crippen LogP contribution in [0.25, 0.3) is 0 Å². The molecule has 1 aromatic heterocycles. The topological polar surface area (TPSA) is 116 Å². The Hall–Kier alpha value is -1.77. The van der Waals surface area contributed by atoms with Gasteiger partial charge in [-0.15, -0.1) is 0 Å². The largest absolute Gasteiger partial charge is 0.379 e. The van der Waals surface area contributed by atoms with Crippen molar-refractivity contribution < 1.29 is 14.3 Å². The molecule has 0 aliphatic heterocycles. The third-order valence-electron chi connectivity index (χ3n) is 2.19. The van der Waals surface area contributed by atoms with Crippen LogP contribution in [0.2, 0.25) is 0 Å². The maximum Gasteiger partial charge on any atom is 0.335 e. The lowest BCUT2D eigenvalue weighted by Crippen LogP contribution is -2.33. The van der Waals surface area contributed by atoms with Gasteiger partial charge in [0.25, 0.3) is 5.56 Å². The molecule has 0 atom stereocenters. The summed E-state index contributed by atoms with van der Waals surface area (Å²) in [5, 5.41) is 0. The molecule has 0 bridgehead atoms. The number of hydrogen-bond acceptors (Lipinski definition) is 6. The zero-order chi connectivity index (χ0) is 14.1. The minimum Gasteiger partial charge on any atom is -0.379 e. The van der Waals surface area contributed by atoms with Gasteiger partial charge in [0.2, 0.25) is 5.91 Å². The van der Waals surface area contributed by atoms with E-state index in [1.807, 2.05) is 4.98 Å². The van der Waals surface area contributed by atoms with E-state index in [0.717, 1.165) is 16.8 Å². The first kappa shape index (κ1) is 15.3. The average molecular weight is 271 g/mol. The summed E-state index contributed by atoms with van der Waals surface area (Å²) in [7, 11) is 0. The summed E-state index contributed by atoms with van der Waals surface area (Å²) in [5.41, 5.74) is 3.94. The molecule has 0 radical (unpaired) electrons. The van der Waals surface area contributed by atoms with Crippen molar-refractivity contribution >= 4 is 5.91 Å². The number of nitrogens with zero attached hydrogens (tertiary/aromatic N) is 1. The fourth-order valence-electron chi connectivity index (χ4n) is 1.30. The molecular weight excluding hydrogens is 254 g/mol. The highest BCUT2D eigenvalue weighted by molar-refractivity contribution is 5.78. The molecule has 0 aliphatic rings. The number of nitrogens with two attached hydrogens (primary N) is 1. The first-order valence-corrected chi connectivity index (χ1v) is 5.86. The summed E-state index contributed by atoms with van der Waals surface area (Å²) in [5.74, 6) is -0.441. The van der Waals surface area contributed by atoms with Crippen LogP contribution >= 0.6 is 0 Å². The number of rotatable bonds is 8. The molecule has 1 heterocycles. The SMILES string of the molecule is NCCOCCOCCC(=O)n1ccc(=O)[nH]c1=O. The fraction of sp³-hybridized carbons (Fsp3) is 0.545. The molecule has 0 saturated carbocycles. The van der Waals surface area contributed by atoms with Crippen LogP contribution in [0.1, 0.15) is 11.2 Å². The molecular formula is C11H17N3O5. The zero-order valence-corrected chi connectivity index (χ0v) is 10.5. The Kier molecular flexibility index (Phi) is 6.72. The van der Waals surface area contributed by atoms with Gasteiger partial charge in [0.15, 0.2) is 0 Å². The highest BCUT2D eigenvalue weighted by atomic mass is 16.5. The van der Waals surface area contributed by atoms with Crippen molar-refractivity contribution in [2.75, 3.05) is 33.0 Å². The third kappa shape index (κ3) is 5.60. The lowest BCUT2D eigenvalue weighted by Gasteiger charge is -2.05. The first-order valence-electron chi connectivity index (χ1n) is 5.86. The fourth-order valence-corrected chi connectivity index (χ4v) is 1.30. The van der Waals surface area contributed by atoms with E-state index < -0.39 is 17.2 Å². The number of H-pyrrole nitrogens is 1. The number of nitrogens with one attached hydrogen (secondary N) is 1. The number of carbonyl (C=O) groups excluding carboxylic acids is 1. The van der Waals surface area contributed by atoms with Crippen LogP contribution in [-0.2, 0) is 9.47 Å². The van der Waals surface area contributed by atoms with E-state index in [2.05, 4.69) is 0 Å². The molecule has 0 spiro atoms. The molecule has 0 unspecified atom stereocenters. The standard InChI is InChI=1S/C11H17N3O5/c12-3-6-19-8-7-18-5-2-10(16)14-4-1-9(15)13-11(14)17/h1,4H,2-3,5-8,12H2,(H,13,15,17). The van der Waals surface area contributed by atoms with Crippen molar-refractivity contribution in [1.29, 1.82) is 0 Å². The molecule has 0 fully saturated rings. The molecule has 0 aromatic carbocycles. The molecule has 1 rings (SSSR count). The van der Waals surface area contributed by atoms with Gasteiger partial charge in [-0.25, -0.2) is 9.36 Å². The molecule has 0 saturated heterocycles. The first-order chi connectivity index (χ1) is 9.15. The van der Waals surface area contributed by atoms with Crippen molar-refractivity contribution in [3.63, 3.8) is 0 Å². The van der Waals surface area contributed by atoms with Crippen LogP contribution in [0.4, 0.5) is 0 Å². The Morgan fingerprint density at radius 3 is 2.53 bits per heavy atom. The Morgan fingerprint density at radius 1 is 1.21 bits per heavy atom. The Balaban J connectivity index is 2.28. The Labute approximate surface area is 109 Å². The van der Waals surface area contributed by atoms with Gasteiger partial charge in [-0.1, -0.05) is 0 Å². The smallest absolute Gasteiger partial charge is 0.335 e. The Morgan fingerprint density at radius 2 is 1.89 bits per heavy atom. The molecule has 8 nitrogen and oxygen atoms in total. The highest BCUT2D eigenvalue weighted by Gasteiger charge is 2.06. The molecule has 3 N–H and O–H groups in total. The summed E-state index contributed by atoms with van der Waals surface area (Å²) >= 11 is 0. The lowest BCUT2D eigenvalue weighted by molar-refractivity contribution is 0.0463. The van der Waals surface area contributed by atoms with Gasteiger partial charge in [0.05, 0.1) is 32.8 Å². The monoisotopic (exact) mass is 271 g/mol. The van der Waals surface area contributed by atoms with Crippen LogP contribution in [0.3, 0.4) is 0 Å². The van der Waals surface area contributed by atoms with E-state index in [1.165, 1.54) is 0 Å². The molecule has 0 aliphatic carbocycles. The van der Waals surface area contributed by atoms with Crippen LogP contribution in [0.5, 0.6) is 0 Å². The van der Waals surface area contributed by atoms with E-state index in [1.54, 1.807) is 0 Å². The number of hydrogen-bond donors (Lipinski definition) is 2. The molecule has 106 valence electrons. The van der Waals surface area contributed by atoms with E-state index in [0.29, 0.717) is 26.4 Å². The van der Waals surface area contributed by atoms with E-state index in [4.69, 9.17) is 15.2 Å². The average Bonchev–Trinajstić information content (AvgIpc) is 2.37. The van der Waals surface area contributed by atoms with Gasteiger partial charge < -0.3 is 15.2 Å². The maximum absolute atomic E-state index is 11.6. The minimum atomic E-state index is -0.747. The summed E-state index contributed by atoms with van der Waals surface area (Å²) < 4.78 is 11.1. The van der Waals surface area contributed by atoms with Crippen molar-refractivity contribution in [1.82, 2.24) is 9.55 Å². The molecule has 8 heteroatoms. The van der Waals surface area contributed by atoms with Crippen molar-refractivity contribution in [2.45, 2.75) is 6.42 Å². The normalized spacial score (nSPS) is 10.6. The van der Waals surface area contributed by atoms with Crippen molar-refractivity contribution in [2.24, 2.45) is 5.73 Å². The maximum atomic E-state index is 11.6. The molecule has 1 aromatic rings. The number of aromatic nitrogens is 2. The van der Waals surface area contributed by atoms with Gasteiger partial charge in [-0.2, -0.15) is 0 Å². The predicted octanol–water partition coefficient (Wildman–Crippen LogP) is -1.44. The van der Waals surface area contributed by atoms with E-state index >= 15 is 0 Å².